The van der Waals surface area contributed by atoms with Gasteiger partial charge in [-0.3, -0.25) is 4.68 Å². The summed E-state index contributed by atoms with van der Waals surface area (Å²) in [6.45, 7) is 0.944. The molecule has 1 aromatic carbocycles. The predicted molar refractivity (Wildman–Crippen MR) is 68.4 cm³/mol. The van der Waals surface area contributed by atoms with Gasteiger partial charge in [0.25, 0.3) is 0 Å². The molecule has 0 spiro atoms. The van der Waals surface area contributed by atoms with Crippen LogP contribution in [0.2, 0.25) is 0 Å². The van der Waals surface area contributed by atoms with E-state index in [1.807, 2.05) is 31.4 Å². The molecule has 0 aliphatic heterocycles. The van der Waals surface area contributed by atoms with Gasteiger partial charge >= 0.3 is 0 Å². The zero-order chi connectivity index (χ0) is 13.0. The maximum Gasteiger partial charge on any atom is 0.157 e. The maximum absolute atomic E-state index is 5.62. The predicted octanol–water partition coefficient (Wildman–Crippen LogP) is 1.47. The Morgan fingerprint density at radius 2 is 2.22 bits per heavy atom. The van der Waals surface area contributed by atoms with Crippen molar-refractivity contribution in [2.75, 3.05) is 7.11 Å². The molecule has 2 N–H and O–H groups in total. The van der Waals surface area contributed by atoms with E-state index in [1.165, 1.54) is 0 Å². The highest BCUT2D eigenvalue weighted by molar-refractivity contribution is 5.37. The molecule has 0 atom stereocenters. The molecule has 0 aliphatic carbocycles. The summed E-state index contributed by atoms with van der Waals surface area (Å²) in [7, 11) is 3.49. The van der Waals surface area contributed by atoms with Crippen LogP contribution in [0.5, 0.6) is 11.5 Å². The number of aromatic nitrogens is 2. The van der Waals surface area contributed by atoms with E-state index >= 15 is 0 Å². The van der Waals surface area contributed by atoms with Crippen molar-refractivity contribution in [3.05, 3.63) is 41.7 Å². The van der Waals surface area contributed by atoms with Gasteiger partial charge in [-0.1, -0.05) is 12.1 Å². The second-order valence-corrected chi connectivity index (χ2v) is 3.99. The summed E-state index contributed by atoms with van der Waals surface area (Å²) in [5.74, 6) is 1.55. The van der Waals surface area contributed by atoms with Crippen LogP contribution in [0.15, 0.2) is 30.6 Å². The van der Waals surface area contributed by atoms with Crippen molar-refractivity contribution in [2.24, 2.45) is 12.8 Å². The zero-order valence-corrected chi connectivity index (χ0v) is 10.6. The minimum absolute atomic E-state index is 0.465. The van der Waals surface area contributed by atoms with Crippen molar-refractivity contribution in [1.82, 2.24) is 9.78 Å². The van der Waals surface area contributed by atoms with Gasteiger partial charge in [-0.15, -0.1) is 0 Å². The van der Waals surface area contributed by atoms with E-state index in [2.05, 4.69) is 5.10 Å². The fourth-order valence-corrected chi connectivity index (χ4v) is 1.69. The SMILES string of the molecule is COc1cc(COc2cnn(C)c2)ccc1CN. The van der Waals surface area contributed by atoms with Gasteiger partial charge in [0.1, 0.15) is 12.4 Å². The Morgan fingerprint density at radius 1 is 1.39 bits per heavy atom. The van der Waals surface area contributed by atoms with Crippen molar-refractivity contribution in [2.45, 2.75) is 13.2 Å². The van der Waals surface area contributed by atoms with E-state index in [0.717, 1.165) is 22.6 Å². The first kappa shape index (κ1) is 12.4. The van der Waals surface area contributed by atoms with E-state index in [0.29, 0.717) is 13.2 Å². The molecule has 5 nitrogen and oxygen atoms in total. The number of methoxy groups -OCH3 is 1. The van der Waals surface area contributed by atoms with Gasteiger partial charge in [-0.25, -0.2) is 0 Å². The topological polar surface area (TPSA) is 62.3 Å². The maximum atomic E-state index is 5.62. The lowest BCUT2D eigenvalue weighted by Crippen LogP contribution is -2.02. The third-order valence-electron chi connectivity index (χ3n) is 2.66. The van der Waals surface area contributed by atoms with Crippen LogP contribution in [0.4, 0.5) is 0 Å². The molecule has 0 saturated carbocycles. The summed E-state index contributed by atoms with van der Waals surface area (Å²) >= 11 is 0. The van der Waals surface area contributed by atoms with E-state index < -0.39 is 0 Å². The summed E-state index contributed by atoms with van der Waals surface area (Å²) in [5, 5.41) is 4.04. The Hall–Kier alpha value is -2.01. The van der Waals surface area contributed by atoms with Gasteiger partial charge in [0.05, 0.1) is 19.5 Å². The normalized spacial score (nSPS) is 10.4. The van der Waals surface area contributed by atoms with Gasteiger partial charge in [-0.2, -0.15) is 5.10 Å². The van der Waals surface area contributed by atoms with Crippen molar-refractivity contribution in [3.8, 4) is 11.5 Å². The summed E-state index contributed by atoms with van der Waals surface area (Å²) in [4.78, 5) is 0. The number of aryl methyl sites for hydroxylation is 1. The molecule has 0 saturated heterocycles. The molecule has 0 bridgehead atoms. The quantitative estimate of drug-likeness (QED) is 0.869. The van der Waals surface area contributed by atoms with Crippen LogP contribution in [0, 0.1) is 0 Å². The van der Waals surface area contributed by atoms with Crippen molar-refractivity contribution in [1.29, 1.82) is 0 Å². The lowest BCUT2D eigenvalue weighted by Gasteiger charge is -2.09. The first-order chi connectivity index (χ1) is 8.72. The molecule has 5 heteroatoms. The van der Waals surface area contributed by atoms with Gasteiger partial charge in [0, 0.05) is 19.2 Å². The second kappa shape index (κ2) is 5.55. The smallest absolute Gasteiger partial charge is 0.157 e. The highest BCUT2D eigenvalue weighted by Gasteiger charge is 2.04. The van der Waals surface area contributed by atoms with E-state index in [9.17, 15) is 0 Å². The summed E-state index contributed by atoms with van der Waals surface area (Å²) in [6.07, 6.45) is 3.51. The highest BCUT2D eigenvalue weighted by atomic mass is 16.5. The van der Waals surface area contributed by atoms with Crippen LogP contribution in [0.3, 0.4) is 0 Å². The Morgan fingerprint density at radius 3 is 2.83 bits per heavy atom. The minimum atomic E-state index is 0.465. The molecule has 1 heterocycles. The van der Waals surface area contributed by atoms with E-state index in [1.54, 1.807) is 18.0 Å². The fourth-order valence-electron chi connectivity index (χ4n) is 1.69. The highest BCUT2D eigenvalue weighted by Crippen LogP contribution is 2.20. The number of nitrogens with zero attached hydrogens (tertiary/aromatic N) is 2. The number of rotatable bonds is 5. The zero-order valence-electron chi connectivity index (χ0n) is 10.6. The van der Waals surface area contributed by atoms with Crippen molar-refractivity contribution >= 4 is 0 Å². The van der Waals surface area contributed by atoms with E-state index in [4.69, 9.17) is 15.2 Å². The minimum Gasteiger partial charge on any atom is -0.496 e. The molecular formula is C13H17N3O2. The first-order valence-electron chi connectivity index (χ1n) is 5.70. The average Bonchev–Trinajstić information content (AvgIpc) is 2.81. The Balaban J connectivity index is 2.05. The standard InChI is InChI=1S/C13H17N3O2/c1-16-8-12(7-15-16)18-9-10-3-4-11(6-14)13(5-10)17-2/h3-5,7-8H,6,9,14H2,1-2H3. The monoisotopic (exact) mass is 247 g/mol. The first-order valence-corrected chi connectivity index (χ1v) is 5.70. The third-order valence-corrected chi connectivity index (χ3v) is 2.66. The largest absolute Gasteiger partial charge is 0.496 e. The third kappa shape index (κ3) is 2.81. The van der Waals surface area contributed by atoms with Gasteiger partial charge in [-0.05, 0) is 11.6 Å². The molecule has 96 valence electrons. The van der Waals surface area contributed by atoms with Crippen LogP contribution >= 0.6 is 0 Å². The molecule has 2 aromatic rings. The Labute approximate surface area is 106 Å². The molecule has 0 aliphatic rings. The second-order valence-electron chi connectivity index (χ2n) is 3.99. The van der Waals surface area contributed by atoms with Crippen LogP contribution in [0.25, 0.3) is 0 Å². The molecule has 0 radical (unpaired) electrons. The number of hydrogen-bond acceptors (Lipinski definition) is 4. The van der Waals surface area contributed by atoms with Crippen LogP contribution in [0.1, 0.15) is 11.1 Å². The summed E-state index contributed by atoms with van der Waals surface area (Å²) in [6, 6.07) is 5.89. The molecule has 18 heavy (non-hydrogen) atoms. The van der Waals surface area contributed by atoms with Crippen molar-refractivity contribution < 1.29 is 9.47 Å². The molecular weight excluding hydrogens is 230 g/mol. The number of nitrogens with two attached hydrogens (primary N) is 1. The molecule has 0 fully saturated rings. The van der Waals surface area contributed by atoms with Crippen molar-refractivity contribution in [3.63, 3.8) is 0 Å². The Kier molecular flexibility index (Phi) is 3.84. The Bertz CT molecular complexity index is 523. The van der Waals surface area contributed by atoms with Gasteiger partial charge < -0.3 is 15.2 Å². The van der Waals surface area contributed by atoms with E-state index in [-0.39, 0.29) is 0 Å². The molecule has 1 aromatic heterocycles. The fraction of sp³-hybridized carbons (Fsp3) is 0.308. The number of benzene rings is 1. The lowest BCUT2D eigenvalue weighted by atomic mass is 10.1. The van der Waals surface area contributed by atoms with Gasteiger partial charge in [0.2, 0.25) is 0 Å². The summed E-state index contributed by atoms with van der Waals surface area (Å²) < 4.78 is 12.6. The number of hydrogen-bond donors (Lipinski definition) is 1. The van der Waals surface area contributed by atoms with Gasteiger partial charge in [0.15, 0.2) is 5.75 Å². The van der Waals surface area contributed by atoms with Crippen LogP contribution < -0.4 is 15.2 Å². The molecule has 0 amide bonds. The summed E-state index contributed by atoms with van der Waals surface area (Å²) in [5.41, 5.74) is 7.65. The lowest BCUT2D eigenvalue weighted by molar-refractivity contribution is 0.305. The molecule has 0 unspecified atom stereocenters. The number of ether oxygens (including phenoxy) is 2. The van der Waals surface area contributed by atoms with Crippen LogP contribution in [-0.4, -0.2) is 16.9 Å². The molecule has 2 rings (SSSR count). The van der Waals surface area contributed by atoms with Crippen LogP contribution in [-0.2, 0) is 20.2 Å². The average molecular weight is 247 g/mol.